The third-order valence-electron chi connectivity index (χ3n) is 10.6. The van der Waals surface area contributed by atoms with E-state index in [0.717, 1.165) is 110 Å². The third kappa shape index (κ3) is 11.0. The highest BCUT2D eigenvalue weighted by Crippen LogP contribution is 2.30. The Kier molecular flexibility index (Phi) is 17.6. The standard InChI is InChI=1S/C37H64O6Si2/c1-9-17-19-21-23-32(30-25-36(40-28-30)44(11-3,12-4)13-5)42-34(38)27-35(39)43-33(24-22-20-18-10-2)31-26-37(41-29-31)45(14-6,15-7)16-8/h25-26,28-29,32-33H,9-24,27H2,1-8H3. The highest BCUT2D eigenvalue weighted by Gasteiger charge is 2.35. The monoisotopic (exact) mass is 660 g/mol. The van der Waals surface area contributed by atoms with E-state index in [4.69, 9.17) is 18.3 Å². The number of carbonyl (C=O) groups is 2. The maximum atomic E-state index is 13.2. The number of rotatable bonds is 24. The first-order valence-electron chi connectivity index (χ1n) is 18.3. The van der Waals surface area contributed by atoms with Gasteiger partial charge in [-0.25, -0.2) is 0 Å². The number of carbonyl (C=O) groups excluding carboxylic acids is 2. The van der Waals surface area contributed by atoms with Crippen LogP contribution in [0.3, 0.4) is 0 Å². The average molecular weight is 661 g/mol. The summed E-state index contributed by atoms with van der Waals surface area (Å²) in [6.07, 6.45) is 12.4. The molecule has 0 aliphatic heterocycles. The van der Waals surface area contributed by atoms with E-state index in [1.807, 2.05) is 0 Å². The van der Waals surface area contributed by atoms with Crippen molar-refractivity contribution in [3.63, 3.8) is 0 Å². The van der Waals surface area contributed by atoms with Crippen molar-refractivity contribution in [1.29, 1.82) is 0 Å². The predicted molar refractivity (Wildman–Crippen MR) is 191 cm³/mol. The van der Waals surface area contributed by atoms with Gasteiger partial charge in [0, 0.05) is 11.1 Å². The van der Waals surface area contributed by atoms with Gasteiger partial charge in [0.15, 0.2) is 0 Å². The first-order chi connectivity index (χ1) is 21.7. The molecule has 6 nitrogen and oxygen atoms in total. The summed E-state index contributed by atoms with van der Waals surface area (Å²) >= 11 is 0. The van der Waals surface area contributed by atoms with E-state index in [1.54, 1.807) is 12.5 Å². The van der Waals surface area contributed by atoms with E-state index in [2.05, 4.69) is 67.5 Å². The number of hydrogen-bond acceptors (Lipinski definition) is 6. The van der Waals surface area contributed by atoms with Gasteiger partial charge in [-0.15, -0.1) is 0 Å². The molecule has 256 valence electrons. The minimum absolute atomic E-state index is 0.401. The number of ether oxygens (including phenoxy) is 2. The molecule has 0 spiro atoms. The van der Waals surface area contributed by atoms with E-state index in [9.17, 15) is 9.59 Å². The Bertz CT molecular complexity index is 1010. The van der Waals surface area contributed by atoms with Crippen molar-refractivity contribution in [1.82, 2.24) is 0 Å². The molecule has 8 heteroatoms. The molecular weight excluding hydrogens is 597 g/mol. The highest BCUT2D eigenvalue weighted by molar-refractivity contribution is 6.91. The van der Waals surface area contributed by atoms with Gasteiger partial charge in [0.2, 0.25) is 0 Å². The molecular formula is C37H64O6Si2. The molecule has 0 fully saturated rings. The minimum atomic E-state index is -1.70. The first kappa shape index (κ1) is 39.1. The SMILES string of the molecule is CCCCCCC(OC(=O)CC(=O)OC(CCCCCC)c1coc([Si](CC)(CC)CC)c1)c1coc([Si](CC)(CC)CC)c1. The lowest BCUT2D eigenvalue weighted by Gasteiger charge is -2.25. The second-order valence-electron chi connectivity index (χ2n) is 13.0. The van der Waals surface area contributed by atoms with Crippen LogP contribution in [-0.4, -0.2) is 28.1 Å². The zero-order valence-electron chi connectivity index (χ0n) is 29.9. The molecule has 0 saturated heterocycles. The summed E-state index contributed by atoms with van der Waals surface area (Å²) in [5, 5.41) is 2.18. The first-order valence-corrected chi connectivity index (χ1v) is 23.5. The van der Waals surface area contributed by atoms with Gasteiger partial charge in [-0.2, -0.15) is 0 Å². The fourth-order valence-corrected chi connectivity index (χ4v) is 13.4. The molecule has 0 aromatic carbocycles. The molecule has 0 radical (unpaired) electrons. The largest absolute Gasteiger partial charge is 0.474 e. The molecule has 2 rings (SSSR count). The lowest BCUT2D eigenvalue weighted by atomic mass is 10.0. The number of furan rings is 2. The molecule has 2 unspecified atom stereocenters. The number of hydrogen-bond donors (Lipinski definition) is 0. The summed E-state index contributed by atoms with van der Waals surface area (Å²) in [5.74, 6) is -1.08. The van der Waals surface area contributed by atoms with Crippen LogP contribution in [0.2, 0.25) is 36.3 Å². The molecule has 0 aliphatic rings. The lowest BCUT2D eigenvalue weighted by molar-refractivity contribution is -0.161. The molecule has 2 heterocycles. The zero-order chi connectivity index (χ0) is 33.3. The van der Waals surface area contributed by atoms with Crippen molar-refractivity contribution in [2.45, 2.75) is 174 Å². The Morgan fingerprint density at radius 3 is 1.24 bits per heavy atom. The van der Waals surface area contributed by atoms with Crippen LogP contribution in [0.1, 0.15) is 149 Å². The molecule has 0 bridgehead atoms. The Morgan fingerprint density at radius 2 is 0.933 bits per heavy atom. The third-order valence-corrected chi connectivity index (χ3v) is 21.3. The van der Waals surface area contributed by atoms with Gasteiger partial charge in [0.05, 0.1) is 23.3 Å². The quantitative estimate of drug-likeness (QED) is 0.0482. The van der Waals surface area contributed by atoms with Gasteiger partial charge in [0.1, 0.15) is 34.8 Å². The molecule has 0 N–H and O–H groups in total. The second-order valence-corrected chi connectivity index (χ2v) is 23.4. The van der Waals surface area contributed by atoms with Gasteiger partial charge < -0.3 is 18.3 Å². The maximum absolute atomic E-state index is 13.2. The average Bonchev–Trinajstić information content (AvgIpc) is 3.74. The Labute approximate surface area is 276 Å². The van der Waals surface area contributed by atoms with Crippen molar-refractivity contribution < 1.29 is 27.9 Å². The molecule has 0 aliphatic carbocycles. The smallest absolute Gasteiger partial charge is 0.317 e. The Balaban J connectivity index is 2.18. The summed E-state index contributed by atoms with van der Waals surface area (Å²) < 4.78 is 24.3. The molecule has 2 aromatic heterocycles. The van der Waals surface area contributed by atoms with Gasteiger partial charge in [-0.1, -0.05) is 130 Å². The molecule has 2 atom stereocenters. The van der Waals surface area contributed by atoms with Crippen LogP contribution in [0.25, 0.3) is 0 Å². The van der Waals surface area contributed by atoms with Crippen LogP contribution in [0.4, 0.5) is 0 Å². The van der Waals surface area contributed by atoms with Gasteiger partial charge >= 0.3 is 11.9 Å². The van der Waals surface area contributed by atoms with E-state index in [1.165, 1.54) is 0 Å². The Hall–Kier alpha value is -2.07. The van der Waals surface area contributed by atoms with Crippen LogP contribution >= 0.6 is 0 Å². The van der Waals surface area contributed by atoms with E-state index < -0.39 is 46.7 Å². The summed E-state index contributed by atoms with van der Waals surface area (Å²) in [6.45, 7) is 17.9. The minimum Gasteiger partial charge on any atom is -0.474 e. The summed E-state index contributed by atoms with van der Waals surface area (Å²) in [5.41, 5.74) is 1.82. The van der Waals surface area contributed by atoms with E-state index in [0.29, 0.717) is 12.8 Å². The summed E-state index contributed by atoms with van der Waals surface area (Å²) in [6, 6.07) is 11.0. The van der Waals surface area contributed by atoms with E-state index in [-0.39, 0.29) is 0 Å². The molecule has 45 heavy (non-hydrogen) atoms. The summed E-state index contributed by atoms with van der Waals surface area (Å²) in [7, 11) is -3.40. The topological polar surface area (TPSA) is 78.9 Å². The fraction of sp³-hybridized carbons (Fsp3) is 0.730. The Morgan fingerprint density at radius 1 is 0.578 bits per heavy atom. The molecule has 2 aromatic rings. The summed E-state index contributed by atoms with van der Waals surface area (Å²) in [4.78, 5) is 26.4. The molecule has 0 amide bonds. The molecule has 0 saturated carbocycles. The number of unbranched alkanes of at least 4 members (excludes halogenated alkanes) is 6. The van der Waals surface area contributed by atoms with E-state index >= 15 is 0 Å². The fourth-order valence-electron chi connectivity index (χ4n) is 6.76. The van der Waals surface area contributed by atoms with Crippen molar-refractivity contribution in [2.24, 2.45) is 0 Å². The normalized spacial score (nSPS) is 13.5. The van der Waals surface area contributed by atoms with Crippen LogP contribution in [0.5, 0.6) is 0 Å². The number of esters is 2. The maximum Gasteiger partial charge on any atom is 0.317 e. The highest BCUT2D eigenvalue weighted by atomic mass is 28.3. The second kappa shape index (κ2) is 20.2. The van der Waals surface area contributed by atoms with Crippen LogP contribution in [0.15, 0.2) is 33.5 Å². The van der Waals surface area contributed by atoms with Crippen molar-refractivity contribution in [3.8, 4) is 0 Å². The van der Waals surface area contributed by atoms with Crippen molar-refractivity contribution in [2.75, 3.05) is 0 Å². The van der Waals surface area contributed by atoms with Gasteiger partial charge in [-0.05, 0) is 37.8 Å². The van der Waals surface area contributed by atoms with Gasteiger partial charge in [-0.3, -0.25) is 9.59 Å². The van der Waals surface area contributed by atoms with Crippen molar-refractivity contribution in [3.05, 3.63) is 35.8 Å². The van der Waals surface area contributed by atoms with Gasteiger partial charge in [0.25, 0.3) is 0 Å². The van der Waals surface area contributed by atoms with Crippen LogP contribution in [-0.2, 0) is 19.1 Å². The van der Waals surface area contributed by atoms with Crippen LogP contribution in [0, 0.1) is 0 Å². The van der Waals surface area contributed by atoms with Crippen LogP contribution < -0.4 is 10.8 Å². The van der Waals surface area contributed by atoms with Crippen molar-refractivity contribution >= 4 is 38.9 Å². The predicted octanol–water partition coefficient (Wildman–Crippen LogP) is 10.5. The zero-order valence-corrected chi connectivity index (χ0v) is 31.9. The lowest BCUT2D eigenvalue weighted by Crippen LogP contribution is -2.44.